The number of nitrogens with zero attached hydrogens (tertiary/aromatic N) is 1. The summed E-state index contributed by atoms with van der Waals surface area (Å²) in [7, 11) is -3.61. The van der Waals surface area contributed by atoms with E-state index >= 15 is 0 Å². The highest BCUT2D eigenvalue weighted by Crippen LogP contribution is 2.31. The van der Waals surface area contributed by atoms with Crippen molar-refractivity contribution in [3.05, 3.63) is 30.1 Å². The van der Waals surface area contributed by atoms with Crippen molar-refractivity contribution in [2.45, 2.75) is 23.8 Å². The van der Waals surface area contributed by atoms with Crippen LogP contribution in [0.1, 0.15) is 12.8 Å². The average molecular weight is 259 g/mol. The maximum Gasteiger partial charge on any atom is 0.243 e. The highest BCUT2D eigenvalue weighted by molar-refractivity contribution is 7.89. The lowest BCUT2D eigenvalue weighted by Gasteiger charge is -2.20. The molecular weight excluding hydrogens is 245 g/mol. The lowest BCUT2D eigenvalue weighted by Crippen LogP contribution is -2.35. The van der Waals surface area contributed by atoms with Crippen LogP contribution in [0.15, 0.2) is 29.2 Å². The van der Waals surface area contributed by atoms with Gasteiger partial charge in [-0.05, 0) is 37.1 Å². The first-order chi connectivity index (χ1) is 8.05. The van der Waals surface area contributed by atoms with Gasteiger partial charge >= 0.3 is 0 Å². The Kier molecular flexibility index (Phi) is 3.46. The Hall–Kier alpha value is -0.980. The topological polar surface area (TPSA) is 57.6 Å². The molecule has 17 heavy (non-hydrogen) atoms. The lowest BCUT2D eigenvalue weighted by atomic mass is 10.4. The first-order valence-corrected chi connectivity index (χ1v) is 6.88. The van der Waals surface area contributed by atoms with Crippen LogP contribution in [0.5, 0.6) is 0 Å². The number of aliphatic hydroxyl groups excluding tert-OH is 1. The first-order valence-electron chi connectivity index (χ1n) is 5.44. The fraction of sp³-hybridized carbons (Fsp3) is 0.455. The molecule has 2 rings (SSSR count). The molecule has 0 atom stereocenters. The molecule has 0 unspecified atom stereocenters. The standard InChI is InChI=1S/C11H14FNO3S/c12-9-1-5-11(6-2-9)17(15,16)13(7-8-14)10-3-4-10/h1-2,5-6,10,14H,3-4,7-8H2. The van der Waals surface area contributed by atoms with Crippen LogP contribution in [0.25, 0.3) is 0 Å². The molecule has 0 heterocycles. The first kappa shape index (κ1) is 12.5. The zero-order valence-electron chi connectivity index (χ0n) is 9.21. The van der Waals surface area contributed by atoms with Crippen LogP contribution in [0.3, 0.4) is 0 Å². The third kappa shape index (κ3) is 2.65. The number of sulfonamides is 1. The normalized spacial score (nSPS) is 16.4. The largest absolute Gasteiger partial charge is 0.395 e. The molecule has 4 nitrogen and oxygen atoms in total. The Morgan fingerprint density at radius 3 is 2.35 bits per heavy atom. The van der Waals surface area contributed by atoms with Crippen LogP contribution in [-0.4, -0.2) is 37.0 Å². The van der Waals surface area contributed by atoms with Crippen molar-refractivity contribution in [1.29, 1.82) is 0 Å². The summed E-state index contributed by atoms with van der Waals surface area (Å²) in [6.07, 6.45) is 1.64. The van der Waals surface area contributed by atoms with E-state index in [2.05, 4.69) is 0 Å². The smallest absolute Gasteiger partial charge is 0.243 e. The van der Waals surface area contributed by atoms with Gasteiger partial charge in [0.05, 0.1) is 11.5 Å². The quantitative estimate of drug-likeness (QED) is 0.857. The minimum absolute atomic E-state index is 0.0165. The van der Waals surface area contributed by atoms with Crippen LogP contribution in [0.4, 0.5) is 4.39 Å². The van der Waals surface area contributed by atoms with Gasteiger partial charge in [-0.15, -0.1) is 0 Å². The SMILES string of the molecule is O=S(=O)(c1ccc(F)cc1)N(CCO)C1CC1. The van der Waals surface area contributed by atoms with Gasteiger partial charge in [0.2, 0.25) is 10.0 Å². The molecule has 94 valence electrons. The Morgan fingerprint density at radius 2 is 1.88 bits per heavy atom. The van der Waals surface area contributed by atoms with Crippen molar-refractivity contribution in [3.8, 4) is 0 Å². The highest BCUT2D eigenvalue weighted by atomic mass is 32.2. The average Bonchev–Trinajstić information content (AvgIpc) is 3.10. The monoisotopic (exact) mass is 259 g/mol. The number of hydrogen-bond acceptors (Lipinski definition) is 3. The summed E-state index contributed by atoms with van der Waals surface area (Å²) in [4.78, 5) is 0.0688. The summed E-state index contributed by atoms with van der Waals surface area (Å²) < 4.78 is 38.5. The van der Waals surface area contributed by atoms with E-state index in [4.69, 9.17) is 5.11 Å². The maximum atomic E-state index is 12.7. The van der Waals surface area contributed by atoms with Crippen molar-refractivity contribution < 1.29 is 17.9 Å². The third-order valence-electron chi connectivity index (χ3n) is 2.69. The van der Waals surface area contributed by atoms with Crippen molar-refractivity contribution in [3.63, 3.8) is 0 Å². The van der Waals surface area contributed by atoms with Gasteiger partial charge in [0.1, 0.15) is 5.82 Å². The molecule has 6 heteroatoms. The number of benzene rings is 1. The molecule has 0 aliphatic heterocycles. The third-order valence-corrected chi connectivity index (χ3v) is 4.66. The van der Waals surface area contributed by atoms with Crippen LogP contribution in [0, 0.1) is 5.82 Å². The number of rotatable bonds is 5. The minimum atomic E-state index is -3.61. The Morgan fingerprint density at radius 1 is 1.29 bits per heavy atom. The zero-order valence-corrected chi connectivity index (χ0v) is 10.0. The summed E-state index contributed by atoms with van der Waals surface area (Å²) in [5.74, 6) is -0.468. The summed E-state index contributed by atoms with van der Waals surface area (Å²) >= 11 is 0. The molecule has 0 saturated heterocycles. The molecule has 0 bridgehead atoms. The molecule has 0 radical (unpaired) electrons. The number of hydrogen-bond donors (Lipinski definition) is 1. The van der Waals surface area contributed by atoms with Gasteiger partial charge in [-0.25, -0.2) is 12.8 Å². The Labute approximate surface area is 99.7 Å². The molecule has 0 aromatic heterocycles. The van der Waals surface area contributed by atoms with E-state index in [-0.39, 0.29) is 24.1 Å². The molecule has 1 aliphatic rings. The van der Waals surface area contributed by atoms with Crippen LogP contribution in [0.2, 0.25) is 0 Å². The molecule has 1 saturated carbocycles. The number of aliphatic hydroxyl groups is 1. The fourth-order valence-electron chi connectivity index (χ4n) is 1.70. The van der Waals surface area contributed by atoms with Crippen molar-refractivity contribution in [1.82, 2.24) is 4.31 Å². The van der Waals surface area contributed by atoms with Gasteiger partial charge in [0, 0.05) is 12.6 Å². The Balaban J connectivity index is 2.30. The van der Waals surface area contributed by atoms with Crippen molar-refractivity contribution in [2.24, 2.45) is 0 Å². The van der Waals surface area contributed by atoms with E-state index in [0.29, 0.717) is 0 Å². The van der Waals surface area contributed by atoms with Crippen molar-refractivity contribution >= 4 is 10.0 Å². The molecule has 1 fully saturated rings. The second kappa shape index (κ2) is 4.72. The number of halogens is 1. The lowest BCUT2D eigenvalue weighted by molar-refractivity contribution is 0.250. The van der Waals surface area contributed by atoms with Gasteiger partial charge in [-0.3, -0.25) is 0 Å². The van der Waals surface area contributed by atoms with Gasteiger partial charge in [0.15, 0.2) is 0 Å². The summed E-state index contributed by atoms with van der Waals surface area (Å²) in [5, 5.41) is 8.90. The molecule has 1 aliphatic carbocycles. The molecule has 1 aromatic rings. The highest BCUT2D eigenvalue weighted by Gasteiger charge is 2.37. The summed E-state index contributed by atoms with van der Waals surface area (Å²) in [6, 6.07) is 4.72. The van der Waals surface area contributed by atoms with E-state index in [1.165, 1.54) is 16.4 Å². The van der Waals surface area contributed by atoms with E-state index in [0.717, 1.165) is 25.0 Å². The van der Waals surface area contributed by atoms with Gasteiger partial charge in [-0.1, -0.05) is 0 Å². The molecule has 0 amide bonds. The molecular formula is C11H14FNO3S. The zero-order chi connectivity index (χ0) is 12.5. The van der Waals surface area contributed by atoms with Crippen molar-refractivity contribution in [2.75, 3.05) is 13.2 Å². The minimum Gasteiger partial charge on any atom is -0.395 e. The molecule has 0 spiro atoms. The summed E-state index contributed by atoms with van der Waals surface area (Å²) in [5.41, 5.74) is 0. The van der Waals surface area contributed by atoms with Gasteiger partial charge in [-0.2, -0.15) is 4.31 Å². The van der Waals surface area contributed by atoms with Crippen LogP contribution < -0.4 is 0 Å². The van der Waals surface area contributed by atoms with E-state index in [1.807, 2.05) is 0 Å². The van der Waals surface area contributed by atoms with E-state index in [9.17, 15) is 12.8 Å². The second-order valence-corrected chi connectivity index (χ2v) is 5.92. The van der Waals surface area contributed by atoms with Crippen LogP contribution in [-0.2, 0) is 10.0 Å². The predicted octanol–water partition coefficient (Wildman–Crippen LogP) is 0.971. The molecule has 1 N–H and O–H groups in total. The van der Waals surface area contributed by atoms with Crippen LogP contribution >= 0.6 is 0 Å². The summed E-state index contributed by atoms with van der Waals surface area (Å²) in [6.45, 7) is -0.124. The van der Waals surface area contributed by atoms with E-state index < -0.39 is 15.8 Å². The fourth-order valence-corrected chi connectivity index (χ4v) is 3.38. The predicted molar refractivity (Wildman–Crippen MR) is 60.4 cm³/mol. The molecule has 1 aromatic carbocycles. The second-order valence-electron chi connectivity index (χ2n) is 4.02. The van der Waals surface area contributed by atoms with Gasteiger partial charge < -0.3 is 5.11 Å². The van der Waals surface area contributed by atoms with E-state index in [1.54, 1.807) is 0 Å². The maximum absolute atomic E-state index is 12.7. The van der Waals surface area contributed by atoms with Gasteiger partial charge in [0.25, 0.3) is 0 Å². The Bertz CT molecular complexity index is 482.